The van der Waals surface area contributed by atoms with Crippen molar-refractivity contribution in [2.45, 2.75) is 62.5 Å². The lowest BCUT2D eigenvalue weighted by molar-refractivity contribution is -0.121. The summed E-state index contributed by atoms with van der Waals surface area (Å²) < 4.78 is 0. The van der Waals surface area contributed by atoms with Gasteiger partial charge in [-0.1, -0.05) is 44.4 Å². The van der Waals surface area contributed by atoms with Crippen molar-refractivity contribution in [3.8, 4) is 0 Å². The van der Waals surface area contributed by atoms with Gasteiger partial charge in [0, 0.05) is 21.9 Å². The first kappa shape index (κ1) is 19.4. The fraction of sp³-hybridized carbons (Fsp3) is 0.524. The highest BCUT2D eigenvalue weighted by molar-refractivity contribution is 7.98. The van der Waals surface area contributed by atoms with E-state index in [9.17, 15) is 4.79 Å². The summed E-state index contributed by atoms with van der Waals surface area (Å²) >= 11 is 3.30. The quantitative estimate of drug-likeness (QED) is 0.534. The second-order valence-corrected chi connectivity index (χ2v) is 9.00. The molecular weight excluding hydrogens is 360 g/mol. The molecule has 2 aromatic rings. The second-order valence-electron chi connectivity index (χ2n) is 7.09. The van der Waals surface area contributed by atoms with Crippen LogP contribution in [0.5, 0.6) is 0 Å². The zero-order chi connectivity index (χ0) is 18.2. The standard InChI is InChI=1S/C21H28N2OS2/c1-2-3-7-16-10-12-17(13-11-16)20(24)23-21-22-18(15-26-21)14-25-19-8-5-4-6-9-19/h4-6,8-9,15-17H,2-3,7,10-14H2,1H3,(H,22,23,24). The normalized spacial score (nSPS) is 20.0. The number of amides is 1. The van der Waals surface area contributed by atoms with Crippen molar-refractivity contribution in [2.75, 3.05) is 5.32 Å². The molecule has 1 N–H and O–H groups in total. The number of rotatable bonds is 8. The van der Waals surface area contributed by atoms with Gasteiger partial charge in [-0.3, -0.25) is 4.79 Å². The topological polar surface area (TPSA) is 42.0 Å². The van der Waals surface area contributed by atoms with Gasteiger partial charge in [-0.15, -0.1) is 23.1 Å². The number of thiazole rings is 1. The molecule has 1 aliphatic carbocycles. The molecule has 1 aromatic carbocycles. The maximum atomic E-state index is 12.5. The number of nitrogens with one attached hydrogen (secondary N) is 1. The minimum Gasteiger partial charge on any atom is -0.302 e. The van der Waals surface area contributed by atoms with Crippen LogP contribution >= 0.6 is 23.1 Å². The Kier molecular flexibility index (Phi) is 7.56. The highest BCUT2D eigenvalue weighted by atomic mass is 32.2. The van der Waals surface area contributed by atoms with Crippen molar-refractivity contribution in [1.29, 1.82) is 0 Å². The first-order valence-corrected chi connectivity index (χ1v) is 11.5. The average Bonchev–Trinajstić information content (AvgIpc) is 3.13. The highest BCUT2D eigenvalue weighted by Crippen LogP contribution is 2.33. The van der Waals surface area contributed by atoms with Crippen LogP contribution in [0.15, 0.2) is 40.6 Å². The van der Waals surface area contributed by atoms with E-state index in [0.29, 0.717) is 0 Å². The summed E-state index contributed by atoms with van der Waals surface area (Å²) in [5, 5.41) is 5.84. The van der Waals surface area contributed by atoms with E-state index in [1.807, 2.05) is 23.6 Å². The lowest BCUT2D eigenvalue weighted by atomic mass is 9.79. The molecule has 0 spiro atoms. The zero-order valence-electron chi connectivity index (χ0n) is 15.4. The predicted molar refractivity (Wildman–Crippen MR) is 112 cm³/mol. The van der Waals surface area contributed by atoms with Crippen LogP contribution in [0.25, 0.3) is 0 Å². The molecule has 1 fully saturated rings. The Balaban J connectivity index is 1.43. The molecule has 1 aromatic heterocycles. The molecule has 0 unspecified atom stereocenters. The van der Waals surface area contributed by atoms with Crippen LogP contribution in [-0.4, -0.2) is 10.9 Å². The Morgan fingerprint density at radius 3 is 2.73 bits per heavy atom. The van der Waals surface area contributed by atoms with E-state index >= 15 is 0 Å². The molecule has 1 saturated carbocycles. The molecule has 0 bridgehead atoms. The molecule has 0 radical (unpaired) electrons. The number of aromatic nitrogens is 1. The molecule has 5 heteroatoms. The van der Waals surface area contributed by atoms with Crippen LogP contribution in [0.3, 0.4) is 0 Å². The molecule has 1 amide bonds. The summed E-state index contributed by atoms with van der Waals surface area (Å²) in [4.78, 5) is 18.4. The fourth-order valence-corrected chi connectivity index (χ4v) is 5.15. The molecule has 140 valence electrons. The van der Waals surface area contributed by atoms with E-state index in [4.69, 9.17) is 0 Å². The van der Waals surface area contributed by atoms with Gasteiger partial charge < -0.3 is 5.32 Å². The van der Waals surface area contributed by atoms with Crippen molar-refractivity contribution >= 4 is 34.1 Å². The lowest BCUT2D eigenvalue weighted by Gasteiger charge is -2.27. The maximum absolute atomic E-state index is 12.5. The number of anilines is 1. The lowest BCUT2D eigenvalue weighted by Crippen LogP contribution is -2.27. The van der Waals surface area contributed by atoms with E-state index < -0.39 is 0 Å². The third-order valence-electron chi connectivity index (χ3n) is 5.10. The van der Waals surface area contributed by atoms with Crippen molar-refractivity contribution in [3.63, 3.8) is 0 Å². The summed E-state index contributed by atoms with van der Waals surface area (Å²) in [6.07, 6.45) is 8.40. The molecule has 0 atom stereocenters. The van der Waals surface area contributed by atoms with Gasteiger partial charge in [-0.25, -0.2) is 4.98 Å². The molecular formula is C21H28N2OS2. The molecule has 3 rings (SSSR count). The number of carbonyl (C=O) groups excluding carboxylic acids is 1. The predicted octanol–water partition coefficient (Wildman–Crippen LogP) is 6.37. The van der Waals surface area contributed by atoms with E-state index in [2.05, 4.69) is 29.4 Å². The van der Waals surface area contributed by atoms with E-state index in [0.717, 1.165) is 35.3 Å². The third kappa shape index (κ3) is 5.85. The maximum Gasteiger partial charge on any atom is 0.229 e. The van der Waals surface area contributed by atoms with Crippen molar-refractivity contribution < 1.29 is 4.79 Å². The summed E-state index contributed by atoms with van der Waals surface area (Å²) in [5.41, 5.74) is 1.03. The van der Waals surface area contributed by atoms with Gasteiger partial charge in [0.25, 0.3) is 0 Å². The summed E-state index contributed by atoms with van der Waals surface area (Å²) in [7, 11) is 0. The minimum absolute atomic E-state index is 0.163. The molecule has 26 heavy (non-hydrogen) atoms. The Hall–Kier alpha value is -1.33. The Bertz CT molecular complexity index is 678. The number of carbonyl (C=O) groups is 1. The Morgan fingerprint density at radius 1 is 1.23 bits per heavy atom. The van der Waals surface area contributed by atoms with Gasteiger partial charge in [0.2, 0.25) is 5.91 Å². The largest absolute Gasteiger partial charge is 0.302 e. The number of thioether (sulfide) groups is 1. The molecule has 1 heterocycles. The highest BCUT2D eigenvalue weighted by Gasteiger charge is 2.26. The van der Waals surface area contributed by atoms with Crippen molar-refractivity contribution in [2.24, 2.45) is 11.8 Å². The van der Waals surface area contributed by atoms with Crippen LogP contribution in [0.1, 0.15) is 57.6 Å². The SMILES string of the molecule is CCCCC1CCC(C(=O)Nc2nc(CSc3ccccc3)cs2)CC1. The molecule has 0 aliphatic heterocycles. The van der Waals surface area contributed by atoms with E-state index in [1.165, 1.54) is 48.3 Å². The van der Waals surface area contributed by atoms with Crippen LogP contribution in [0.2, 0.25) is 0 Å². The molecule has 1 aliphatic rings. The smallest absolute Gasteiger partial charge is 0.229 e. The molecule has 3 nitrogen and oxygen atoms in total. The van der Waals surface area contributed by atoms with Gasteiger partial charge in [0.1, 0.15) is 0 Å². The summed E-state index contributed by atoms with van der Waals surface area (Å²) in [6, 6.07) is 10.3. The number of hydrogen-bond acceptors (Lipinski definition) is 4. The van der Waals surface area contributed by atoms with Gasteiger partial charge in [-0.05, 0) is 43.7 Å². The number of nitrogens with zero attached hydrogens (tertiary/aromatic N) is 1. The first-order valence-electron chi connectivity index (χ1n) is 9.67. The number of hydrogen-bond donors (Lipinski definition) is 1. The van der Waals surface area contributed by atoms with Gasteiger partial charge in [0.15, 0.2) is 5.13 Å². The number of unbranched alkanes of at least 4 members (excludes halogenated alkanes) is 1. The van der Waals surface area contributed by atoms with Crippen LogP contribution in [0, 0.1) is 11.8 Å². The zero-order valence-corrected chi connectivity index (χ0v) is 17.1. The second kappa shape index (κ2) is 10.1. The fourth-order valence-electron chi connectivity index (χ4n) is 3.52. The van der Waals surface area contributed by atoms with Crippen molar-refractivity contribution in [1.82, 2.24) is 4.98 Å². The van der Waals surface area contributed by atoms with Gasteiger partial charge in [0.05, 0.1) is 5.69 Å². The van der Waals surface area contributed by atoms with Crippen LogP contribution < -0.4 is 5.32 Å². The van der Waals surface area contributed by atoms with E-state index in [1.54, 1.807) is 11.8 Å². The summed E-state index contributed by atoms with van der Waals surface area (Å²) in [5.74, 6) is 1.99. The van der Waals surface area contributed by atoms with Crippen molar-refractivity contribution in [3.05, 3.63) is 41.4 Å². The first-order chi connectivity index (χ1) is 12.7. The van der Waals surface area contributed by atoms with Crippen LogP contribution in [0.4, 0.5) is 5.13 Å². The van der Waals surface area contributed by atoms with Gasteiger partial charge >= 0.3 is 0 Å². The van der Waals surface area contributed by atoms with Crippen LogP contribution in [-0.2, 0) is 10.5 Å². The minimum atomic E-state index is 0.163. The summed E-state index contributed by atoms with van der Waals surface area (Å²) in [6.45, 7) is 2.25. The van der Waals surface area contributed by atoms with E-state index in [-0.39, 0.29) is 11.8 Å². The monoisotopic (exact) mass is 388 g/mol. The third-order valence-corrected chi connectivity index (χ3v) is 6.95. The Labute approximate surface area is 165 Å². The number of benzene rings is 1. The van der Waals surface area contributed by atoms with Gasteiger partial charge in [-0.2, -0.15) is 0 Å². The average molecular weight is 389 g/mol. The Morgan fingerprint density at radius 2 is 2.00 bits per heavy atom. The molecule has 0 saturated heterocycles.